The molecule has 0 aromatic carbocycles. The first-order valence-corrected chi connectivity index (χ1v) is 8.82. The molecule has 132 valence electrons. The minimum Gasteiger partial charge on any atom is -0.305 e. The third-order valence-electron chi connectivity index (χ3n) is 3.97. The molecule has 6 nitrogen and oxygen atoms in total. The third-order valence-corrected chi connectivity index (χ3v) is 5.92. The minimum atomic E-state index is -4.81. The predicted octanol–water partition coefficient (Wildman–Crippen LogP) is 1.54. The molecule has 10 heteroatoms. The summed E-state index contributed by atoms with van der Waals surface area (Å²) in [7, 11) is -1.10. The van der Waals surface area contributed by atoms with E-state index in [2.05, 4.69) is 5.10 Å². The van der Waals surface area contributed by atoms with Gasteiger partial charge in [0.15, 0.2) is 5.69 Å². The van der Waals surface area contributed by atoms with E-state index >= 15 is 0 Å². The first-order valence-electron chi connectivity index (χ1n) is 7.38. The fourth-order valence-electron chi connectivity index (χ4n) is 2.85. The van der Waals surface area contributed by atoms with Crippen LogP contribution in [0.2, 0.25) is 0 Å². The van der Waals surface area contributed by atoms with Crippen LogP contribution in [0.4, 0.5) is 13.2 Å². The Kier molecular flexibility index (Phi) is 5.07. The SMILES string of the molecule is CCC1CN(C)CCCN1S(=O)(=O)c1cn(C)nc1C(F)(F)F. The van der Waals surface area contributed by atoms with Crippen molar-refractivity contribution in [2.75, 3.05) is 26.7 Å². The summed E-state index contributed by atoms with van der Waals surface area (Å²) in [6.07, 6.45) is -2.77. The number of nitrogens with zero attached hydrogens (tertiary/aromatic N) is 4. The molecule has 1 aromatic rings. The second-order valence-corrected chi connectivity index (χ2v) is 7.67. The van der Waals surface area contributed by atoms with Crippen LogP contribution in [0.3, 0.4) is 0 Å². The van der Waals surface area contributed by atoms with Crippen molar-refractivity contribution >= 4 is 10.0 Å². The molecular formula is C13H21F3N4O2S. The number of alkyl halides is 3. The standard InChI is InChI=1S/C13H21F3N4O2S/c1-4-10-8-18(2)6-5-7-20(10)23(21,22)11-9-19(3)17-12(11)13(14,15)16/h9-10H,4-8H2,1-3H3. The number of sulfonamides is 1. The molecule has 2 heterocycles. The fraction of sp³-hybridized carbons (Fsp3) is 0.769. The quantitative estimate of drug-likeness (QED) is 0.826. The lowest BCUT2D eigenvalue weighted by atomic mass is 10.2. The van der Waals surface area contributed by atoms with Crippen molar-refractivity contribution in [1.29, 1.82) is 0 Å². The van der Waals surface area contributed by atoms with Crippen molar-refractivity contribution in [3.05, 3.63) is 11.9 Å². The first kappa shape index (κ1) is 18.2. The smallest absolute Gasteiger partial charge is 0.305 e. The first-order chi connectivity index (χ1) is 10.6. The van der Waals surface area contributed by atoms with E-state index in [1.54, 1.807) is 0 Å². The number of rotatable bonds is 3. The van der Waals surface area contributed by atoms with Crippen LogP contribution in [0.15, 0.2) is 11.1 Å². The van der Waals surface area contributed by atoms with Gasteiger partial charge in [-0.3, -0.25) is 4.68 Å². The second kappa shape index (κ2) is 6.40. The zero-order valence-electron chi connectivity index (χ0n) is 13.3. The minimum absolute atomic E-state index is 0.206. The van der Waals surface area contributed by atoms with Crippen LogP contribution in [0.1, 0.15) is 25.5 Å². The highest BCUT2D eigenvalue weighted by Gasteiger charge is 2.44. The van der Waals surface area contributed by atoms with Gasteiger partial charge in [-0.1, -0.05) is 6.92 Å². The topological polar surface area (TPSA) is 58.4 Å². The van der Waals surface area contributed by atoms with E-state index in [0.717, 1.165) is 10.9 Å². The second-order valence-electron chi connectivity index (χ2n) is 5.81. The van der Waals surface area contributed by atoms with Crippen molar-refractivity contribution in [2.24, 2.45) is 7.05 Å². The van der Waals surface area contributed by atoms with E-state index in [-0.39, 0.29) is 12.6 Å². The highest BCUT2D eigenvalue weighted by Crippen LogP contribution is 2.35. The van der Waals surface area contributed by atoms with Crippen LogP contribution >= 0.6 is 0 Å². The van der Waals surface area contributed by atoms with Gasteiger partial charge in [0, 0.05) is 32.4 Å². The summed E-state index contributed by atoms with van der Waals surface area (Å²) in [6, 6.07) is -0.353. The summed E-state index contributed by atoms with van der Waals surface area (Å²) < 4.78 is 67.1. The molecule has 0 N–H and O–H groups in total. The van der Waals surface area contributed by atoms with Crippen LogP contribution in [0.5, 0.6) is 0 Å². The molecule has 1 aromatic heterocycles. The Labute approximate surface area is 133 Å². The predicted molar refractivity (Wildman–Crippen MR) is 78.3 cm³/mol. The summed E-state index contributed by atoms with van der Waals surface area (Å²) in [5.41, 5.74) is -1.35. The van der Waals surface area contributed by atoms with Crippen LogP contribution in [-0.4, -0.2) is 60.1 Å². The summed E-state index contributed by atoms with van der Waals surface area (Å²) in [4.78, 5) is 1.23. The summed E-state index contributed by atoms with van der Waals surface area (Å²) in [5.74, 6) is 0. The maximum atomic E-state index is 13.1. The van der Waals surface area contributed by atoms with Crippen molar-refractivity contribution < 1.29 is 21.6 Å². The number of halogens is 3. The number of hydrogen-bond acceptors (Lipinski definition) is 4. The van der Waals surface area contributed by atoms with Crippen molar-refractivity contribution in [2.45, 2.75) is 36.9 Å². The molecule has 0 spiro atoms. The van der Waals surface area contributed by atoms with Crippen LogP contribution < -0.4 is 0 Å². The zero-order valence-corrected chi connectivity index (χ0v) is 14.2. The monoisotopic (exact) mass is 354 g/mol. The highest BCUT2D eigenvalue weighted by molar-refractivity contribution is 7.89. The molecule has 1 fully saturated rings. The Morgan fingerprint density at radius 3 is 2.52 bits per heavy atom. The van der Waals surface area contributed by atoms with Crippen LogP contribution in [0.25, 0.3) is 0 Å². The molecule has 0 bridgehead atoms. The van der Waals surface area contributed by atoms with E-state index in [4.69, 9.17) is 0 Å². The molecule has 1 atom stereocenters. The lowest BCUT2D eigenvalue weighted by Crippen LogP contribution is -2.43. The molecule has 1 saturated heterocycles. The Bertz CT molecular complexity index is 657. The molecule has 0 saturated carbocycles. The van der Waals surface area contributed by atoms with Crippen molar-refractivity contribution in [3.8, 4) is 0 Å². The van der Waals surface area contributed by atoms with Crippen molar-refractivity contribution in [1.82, 2.24) is 19.0 Å². The van der Waals surface area contributed by atoms with Gasteiger partial charge in [0.2, 0.25) is 10.0 Å². The zero-order chi connectivity index (χ0) is 17.4. The van der Waals surface area contributed by atoms with Crippen LogP contribution in [0, 0.1) is 0 Å². The van der Waals surface area contributed by atoms with Gasteiger partial charge in [0.05, 0.1) is 0 Å². The van der Waals surface area contributed by atoms with Gasteiger partial charge in [-0.15, -0.1) is 0 Å². The average molecular weight is 354 g/mol. The Balaban J connectivity index is 2.49. The third kappa shape index (κ3) is 3.69. The van der Waals surface area contributed by atoms with Gasteiger partial charge < -0.3 is 4.90 Å². The molecule has 0 amide bonds. The molecule has 1 unspecified atom stereocenters. The summed E-state index contributed by atoms with van der Waals surface area (Å²) in [5, 5.41) is 3.31. The Morgan fingerprint density at radius 2 is 1.96 bits per heavy atom. The van der Waals surface area contributed by atoms with Gasteiger partial charge in [-0.2, -0.15) is 22.6 Å². The average Bonchev–Trinajstić information content (AvgIpc) is 2.73. The lowest BCUT2D eigenvalue weighted by Gasteiger charge is -2.29. The molecule has 0 radical (unpaired) electrons. The fourth-order valence-corrected chi connectivity index (χ4v) is 4.77. The van der Waals surface area contributed by atoms with E-state index in [9.17, 15) is 21.6 Å². The molecule has 23 heavy (non-hydrogen) atoms. The van der Waals surface area contributed by atoms with Crippen LogP contribution in [-0.2, 0) is 23.2 Å². The van der Waals surface area contributed by atoms with Gasteiger partial charge in [-0.25, -0.2) is 8.42 Å². The van der Waals surface area contributed by atoms with Gasteiger partial charge in [-0.05, 0) is 26.4 Å². The summed E-state index contributed by atoms with van der Waals surface area (Å²) >= 11 is 0. The molecular weight excluding hydrogens is 333 g/mol. The molecule has 1 aliphatic heterocycles. The Morgan fingerprint density at radius 1 is 1.30 bits per heavy atom. The highest BCUT2D eigenvalue weighted by atomic mass is 32.2. The number of aryl methyl sites for hydroxylation is 1. The molecule has 0 aliphatic carbocycles. The van der Waals surface area contributed by atoms with E-state index in [0.29, 0.717) is 25.9 Å². The normalized spacial score (nSPS) is 22.3. The summed E-state index contributed by atoms with van der Waals surface area (Å²) in [6.45, 7) is 3.25. The van der Waals surface area contributed by atoms with Gasteiger partial charge >= 0.3 is 6.18 Å². The number of aromatic nitrogens is 2. The lowest BCUT2D eigenvalue weighted by molar-refractivity contribution is -0.143. The van der Waals surface area contributed by atoms with E-state index in [1.165, 1.54) is 11.4 Å². The maximum Gasteiger partial charge on any atom is 0.436 e. The molecule has 1 aliphatic rings. The maximum absolute atomic E-state index is 13.1. The van der Waals surface area contributed by atoms with Gasteiger partial charge in [0.25, 0.3) is 0 Å². The van der Waals surface area contributed by atoms with Gasteiger partial charge in [0.1, 0.15) is 4.90 Å². The number of likely N-dealkylation sites (N-methyl/N-ethyl adjacent to an activating group) is 1. The number of hydrogen-bond donors (Lipinski definition) is 0. The van der Waals surface area contributed by atoms with E-state index in [1.807, 2.05) is 18.9 Å². The van der Waals surface area contributed by atoms with Crippen molar-refractivity contribution in [3.63, 3.8) is 0 Å². The molecule has 2 rings (SSSR count). The Hall–Kier alpha value is -1.13. The van der Waals surface area contributed by atoms with E-state index < -0.39 is 26.8 Å². The largest absolute Gasteiger partial charge is 0.436 e.